The van der Waals surface area contributed by atoms with Crippen LogP contribution in [0.15, 0.2) is 6.33 Å². The van der Waals surface area contributed by atoms with Crippen molar-refractivity contribution in [2.45, 2.75) is 25.7 Å². The molecule has 0 bridgehead atoms. The molecule has 0 radical (unpaired) electrons. The van der Waals surface area contributed by atoms with Crippen LogP contribution < -0.4 is 10.2 Å². The SMILES string of the molecule is COCCCNc1ncnc2c1sc1nc(N3CCOCC3)c3c(c12)CCC3. The standard InChI is InChI=1S/C20H25N5O2S/c1-26-9-3-6-21-18-17-16(22-12-23-18)15-13-4-2-5-14(13)19(24-20(15)28-17)25-7-10-27-11-8-25/h12H,2-11H2,1H3,(H,21,22,23). The minimum Gasteiger partial charge on any atom is -0.385 e. The number of methoxy groups -OCH3 is 1. The highest BCUT2D eigenvalue weighted by atomic mass is 32.1. The summed E-state index contributed by atoms with van der Waals surface area (Å²) >= 11 is 1.71. The number of rotatable bonds is 6. The van der Waals surface area contributed by atoms with Gasteiger partial charge in [0.25, 0.3) is 0 Å². The molecule has 148 valence electrons. The van der Waals surface area contributed by atoms with Crippen LogP contribution in [0.2, 0.25) is 0 Å². The zero-order valence-electron chi connectivity index (χ0n) is 16.2. The first-order valence-electron chi connectivity index (χ1n) is 10.0. The first-order chi connectivity index (χ1) is 13.9. The third kappa shape index (κ3) is 3.09. The molecule has 3 aromatic heterocycles. The van der Waals surface area contributed by atoms with Gasteiger partial charge in [0.15, 0.2) is 0 Å². The van der Waals surface area contributed by atoms with Gasteiger partial charge in [-0.3, -0.25) is 0 Å². The Morgan fingerprint density at radius 1 is 1.21 bits per heavy atom. The lowest BCUT2D eigenvalue weighted by Crippen LogP contribution is -2.37. The van der Waals surface area contributed by atoms with E-state index in [0.717, 1.165) is 85.4 Å². The van der Waals surface area contributed by atoms with Gasteiger partial charge in [0.1, 0.15) is 22.8 Å². The second-order valence-electron chi connectivity index (χ2n) is 7.30. The Bertz CT molecular complexity index is 999. The van der Waals surface area contributed by atoms with Crippen molar-refractivity contribution in [1.82, 2.24) is 15.0 Å². The monoisotopic (exact) mass is 399 g/mol. The molecule has 0 saturated carbocycles. The molecular weight excluding hydrogens is 374 g/mol. The van der Waals surface area contributed by atoms with Gasteiger partial charge in [0.2, 0.25) is 0 Å². The van der Waals surface area contributed by atoms with Crippen LogP contribution in [0.5, 0.6) is 0 Å². The van der Waals surface area contributed by atoms with Crippen LogP contribution in [-0.4, -0.2) is 61.5 Å². The Kier molecular flexibility index (Phi) is 5.00. The highest BCUT2D eigenvalue weighted by molar-refractivity contribution is 7.26. The number of nitrogens with zero attached hydrogens (tertiary/aromatic N) is 4. The van der Waals surface area contributed by atoms with Crippen LogP contribution in [0.25, 0.3) is 20.4 Å². The van der Waals surface area contributed by atoms with E-state index < -0.39 is 0 Å². The molecule has 1 aliphatic heterocycles. The van der Waals surface area contributed by atoms with E-state index in [2.05, 4.69) is 20.2 Å². The molecule has 3 aromatic rings. The Morgan fingerprint density at radius 2 is 2.07 bits per heavy atom. The second kappa shape index (κ2) is 7.77. The molecule has 1 N–H and O–H groups in total. The van der Waals surface area contributed by atoms with Crippen molar-refractivity contribution < 1.29 is 9.47 Å². The minimum absolute atomic E-state index is 0.742. The first-order valence-corrected chi connectivity index (χ1v) is 10.8. The number of pyridine rings is 1. The zero-order valence-corrected chi connectivity index (χ0v) is 17.0. The largest absolute Gasteiger partial charge is 0.385 e. The maximum Gasteiger partial charge on any atom is 0.147 e. The van der Waals surface area contributed by atoms with E-state index in [1.165, 1.54) is 22.9 Å². The number of anilines is 2. The van der Waals surface area contributed by atoms with E-state index in [1.54, 1.807) is 24.8 Å². The van der Waals surface area contributed by atoms with Crippen molar-refractivity contribution in [2.24, 2.45) is 0 Å². The third-order valence-electron chi connectivity index (χ3n) is 5.58. The summed E-state index contributed by atoms with van der Waals surface area (Å²) in [6.07, 6.45) is 6.03. The predicted molar refractivity (Wildman–Crippen MR) is 113 cm³/mol. The number of thiophene rings is 1. The normalized spacial score (nSPS) is 16.8. The van der Waals surface area contributed by atoms with Crippen molar-refractivity contribution in [3.8, 4) is 0 Å². The molecule has 2 aliphatic rings. The van der Waals surface area contributed by atoms with E-state index >= 15 is 0 Å². The van der Waals surface area contributed by atoms with Crippen LogP contribution in [0.1, 0.15) is 24.0 Å². The summed E-state index contributed by atoms with van der Waals surface area (Å²) in [5.41, 5.74) is 3.91. The fourth-order valence-electron chi connectivity index (χ4n) is 4.26. The molecule has 4 heterocycles. The highest BCUT2D eigenvalue weighted by Gasteiger charge is 2.27. The summed E-state index contributed by atoms with van der Waals surface area (Å²) in [6.45, 7) is 4.97. The van der Waals surface area contributed by atoms with Crippen LogP contribution in [0.3, 0.4) is 0 Å². The summed E-state index contributed by atoms with van der Waals surface area (Å²) in [6, 6.07) is 0. The van der Waals surface area contributed by atoms with Gasteiger partial charge in [-0.05, 0) is 36.8 Å². The van der Waals surface area contributed by atoms with Crippen molar-refractivity contribution in [3.63, 3.8) is 0 Å². The molecule has 5 rings (SSSR count). The Hall–Kier alpha value is -2.03. The van der Waals surface area contributed by atoms with Crippen molar-refractivity contribution in [1.29, 1.82) is 0 Å². The van der Waals surface area contributed by atoms with Crippen LogP contribution in [0.4, 0.5) is 11.6 Å². The minimum atomic E-state index is 0.742. The van der Waals surface area contributed by atoms with Gasteiger partial charge in [-0.2, -0.15) is 0 Å². The number of aromatic nitrogens is 3. The van der Waals surface area contributed by atoms with Crippen molar-refractivity contribution in [3.05, 3.63) is 17.5 Å². The van der Waals surface area contributed by atoms with Crippen LogP contribution in [-0.2, 0) is 22.3 Å². The predicted octanol–water partition coefficient (Wildman–Crippen LogP) is 3.01. The van der Waals surface area contributed by atoms with Gasteiger partial charge in [-0.25, -0.2) is 15.0 Å². The Morgan fingerprint density at radius 3 is 2.93 bits per heavy atom. The first kappa shape index (κ1) is 18.0. The van der Waals surface area contributed by atoms with E-state index in [-0.39, 0.29) is 0 Å². The van der Waals surface area contributed by atoms with E-state index in [1.807, 2.05) is 0 Å². The summed E-state index contributed by atoms with van der Waals surface area (Å²) in [5.74, 6) is 2.07. The van der Waals surface area contributed by atoms with Gasteiger partial charge in [0, 0.05) is 38.7 Å². The molecule has 28 heavy (non-hydrogen) atoms. The fourth-order valence-corrected chi connectivity index (χ4v) is 5.38. The summed E-state index contributed by atoms with van der Waals surface area (Å²) in [5, 5.41) is 4.70. The number of morpholine rings is 1. The fraction of sp³-hybridized carbons (Fsp3) is 0.550. The van der Waals surface area contributed by atoms with E-state index in [9.17, 15) is 0 Å². The highest BCUT2D eigenvalue weighted by Crippen LogP contribution is 2.43. The molecule has 1 saturated heterocycles. The zero-order chi connectivity index (χ0) is 18.9. The van der Waals surface area contributed by atoms with Gasteiger partial charge in [-0.1, -0.05) is 0 Å². The summed E-state index contributed by atoms with van der Waals surface area (Å²) < 4.78 is 11.8. The second-order valence-corrected chi connectivity index (χ2v) is 8.30. The lowest BCUT2D eigenvalue weighted by molar-refractivity contribution is 0.122. The van der Waals surface area contributed by atoms with Gasteiger partial charge < -0.3 is 19.7 Å². The molecule has 8 heteroatoms. The van der Waals surface area contributed by atoms with Crippen molar-refractivity contribution in [2.75, 3.05) is 56.8 Å². The van der Waals surface area contributed by atoms with Crippen molar-refractivity contribution >= 4 is 43.4 Å². The average molecular weight is 400 g/mol. The molecule has 7 nitrogen and oxygen atoms in total. The molecule has 0 amide bonds. The molecule has 0 aromatic carbocycles. The molecule has 1 fully saturated rings. The summed E-state index contributed by atoms with van der Waals surface area (Å²) in [7, 11) is 1.73. The number of fused-ring (bicyclic) bond motifs is 5. The molecule has 0 spiro atoms. The van der Waals surface area contributed by atoms with Crippen LogP contribution >= 0.6 is 11.3 Å². The van der Waals surface area contributed by atoms with Gasteiger partial charge in [0.05, 0.1) is 23.4 Å². The Balaban J connectivity index is 1.60. The maximum atomic E-state index is 5.54. The van der Waals surface area contributed by atoms with Crippen LogP contribution in [0, 0.1) is 0 Å². The number of aryl methyl sites for hydroxylation is 1. The number of nitrogens with one attached hydrogen (secondary N) is 1. The molecule has 0 atom stereocenters. The lowest BCUT2D eigenvalue weighted by Gasteiger charge is -2.29. The smallest absolute Gasteiger partial charge is 0.147 e. The Labute approximate surface area is 168 Å². The molecule has 0 unspecified atom stereocenters. The quantitative estimate of drug-likeness (QED) is 0.639. The van der Waals surface area contributed by atoms with Gasteiger partial charge in [-0.15, -0.1) is 11.3 Å². The van der Waals surface area contributed by atoms with Gasteiger partial charge >= 0.3 is 0 Å². The molecule has 1 aliphatic carbocycles. The third-order valence-corrected chi connectivity index (χ3v) is 6.66. The number of hydrogen-bond donors (Lipinski definition) is 1. The lowest BCUT2D eigenvalue weighted by atomic mass is 10.1. The number of hydrogen-bond acceptors (Lipinski definition) is 8. The molecular formula is C20H25N5O2S. The van der Waals surface area contributed by atoms with E-state index in [0.29, 0.717) is 0 Å². The summed E-state index contributed by atoms with van der Waals surface area (Å²) in [4.78, 5) is 17.8. The maximum absolute atomic E-state index is 5.54. The topological polar surface area (TPSA) is 72.4 Å². The average Bonchev–Trinajstić information content (AvgIpc) is 3.35. The number of ether oxygens (including phenoxy) is 2. The van der Waals surface area contributed by atoms with E-state index in [4.69, 9.17) is 14.5 Å².